The molecule has 0 saturated carbocycles. The second-order valence-corrected chi connectivity index (χ2v) is 7.27. The highest BCUT2D eigenvalue weighted by Crippen LogP contribution is 2.45. The van der Waals surface area contributed by atoms with Crippen molar-refractivity contribution >= 4 is 23.4 Å². The molecule has 6 nitrogen and oxygen atoms in total. The second kappa shape index (κ2) is 6.68. The third kappa shape index (κ3) is 2.84. The molecule has 7 heteroatoms. The smallest absolute Gasteiger partial charge is 0.232 e. The zero-order valence-corrected chi connectivity index (χ0v) is 14.9. The molecule has 2 saturated heterocycles. The summed E-state index contributed by atoms with van der Waals surface area (Å²) < 4.78 is 0. The van der Waals surface area contributed by atoms with Gasteiger partial charge in [-0.1, -0.05) is 29.8 Å². The maximum Gasteiger partial charge on any atom is 0.232 e. The Morgan fingerprint density at radius 3 is 2.92 bits per heavy atom. The summed E-state index contributed by atoms with van der Waals surface area (Å²) in [5, 5.41) is 3.53. The average Bonchev–Trinajstić information content (AvgIpc) is 3.21. The molecule has 0 spiro atoms. The van der Waals surface area contributed by atoms with Crippen LogP contribution in [0.5, 0.6) is 0 Å². The van der Waals surface area contributed by atoms with Gasteiger partial charge in [-0.15, -0.1) is 0 Å². The quantitative estimate of drug-likeness (QED) is 0.894. The lowest BCUT2D eigenvalue weighted by Gasteiger charge is -2.29. The summed E-state index contributed by atoms with van der Waals surface area (Å²) in [6.45, 7) is 0.657. The van der Waals surface area contributed by atoms with E-state index < -0.39 is 5.41 Å². The molecule has 2 amide bonds. The molecule has 26 heavy (non-hydrogen) atoms. The van der Waals surface area contributed by atoms with Crippen molar-refractivity contribution < 1.29 is 9.59 Å². The number of fused-ring (bicyclic) bond motifs is 1. The zero-order valence-electron chi connectivity index (χ0n) is 14.2. The number of aromatic nitrogens is 2. The van der Waals surface area contributed by atoms with Gasteiger partial charge in [-0.25, -0.2) is 0 Å². The molecule has 2 aliphatic heterocycles. The van der Waals surface area contributed by atoms with Crippen LogP contribution in [0.15, 0.2) is 42.9 Å². The molecule has 2 aromatic rings. The van der Waals surface area contributed by atoms with Crippen LogP contribution in [0.3, 0.4) is 0 Å². The van der Waals surface area contributed by atoms with E-state index in [2.05, 4.69) is 15.3 Å². The first-order chi connectivity index (χ1) is 12.6. The Morgan fingerprint density at radius 2 is 2.19 bits per heavy atom. The van der Waals surface area contributed by atoms with Gasteiger partial charge >= 0.3 is 0 Å². The van der Waals surface area contributed by atoms with Crippen LogP contribution in [0.25, 0.3) is 0 Å². The Kier molecular flexibility index (Phi) is 4.36. The van der Waals surface area contributed by atoms with E-state index in [0.717, 1.165) is 12.0 Å². The van der Waals surface area contributed by atoms with Crippen molar-refractivity contribution in [1.82, 2.24) is 20.2 Å². The maximum atomic E-state index is 13.3. The van der Waals surface area contributed by atoms with Crippen LogP contribution < -0.4 is 5.32 Å². The van der Waals surface area contributed by atoms with E-state index in [9.17, 15) is 9.59 Å². The Labute approximate surface area is 156 Å². The minimum absolute atomic E-state index is 0.0982. The van der Waals surface area contributed by atoms with Gasteiger partial charge in [0.15, 0.2) is 0 Å². The van der Waals surface area contributed by atoms with Crippen LogP contribution in [0.4, 0.5) is 0 Å². The van der Waals surface area contributed by atoms with Crippen molar-refractivity contribution in [3.05, 3.63) is 59.1 Å². The number of rotatable bonds is 4. The summed E-state index contributed by atoms with van der Waals surface area (Å²) in [6, 6.07) is 7.50. The fourth-order valence-electron chi connectivity index (χ4n) is 4.07. The van der Waals surface area contributed by atoms with Crippen LogP contribution >= 0.6 is 11.6 Å². The van der Waals surface area contributed by atoms with Gasteiger partial charge in [0, 0.05) is 36.4 Å². The summed E-state index contributed by atoms with van der Waals surface area (Å²) in [5.41, 5.74) is 0.631. The molecule has 2 atom stereocenters. The van der Waals surface area contributed by atoms with E-state index in [4.69, 9.17) is 11.6 Å². The van der Waals surface area contributed by atoms with Crippen molar-refractivity contribution in [2.45, 2.75) is 37.3 Å². The molecule has 1 aromatic carbocycles. The average molecular weight is 371 g/mol. The fourth-order valence-corrected chi connectivity index (χ4v) is 4.39. The number of hydrogen-bond donors (Lipinski definition) is 1. The first kappa shape index (κ1) is 17.0. The lowest BCUT2D eigenvalue weighted by molar-refractivity contribution is -0.129. The Morgan fingerprint density at radius 1 is 1.35 bits per heavy atom. The van der Waals surface area contributed by atoms with E-state index in [1.54, 1.807) is 24.7 Å². The first-order valence-electron chi connectivity index (χ1n) is 8.68. The molecule has 0 bridgehead atoms. The van der Waals surface area contributed by atoms with E-state index in [-0.39, 0.29) is 24.4 Å². The highest BCUT2D eigenvalue weighted by Gasteiger charge is 2.54. The molecule has 134 valence electrons. The molecular weight excluding hydrogens is 352 g/mol. The minimum Gasteiger partial charge on any atom is -0.350 e. The van der Waals surface area contributed by atoms with Gasteiger partial charge < -0.3 is 10.2 Å². The van der Waals surface area contributed by atoms with Crippen molar-refractivity contribution in [3.8, 4) is 0 Å². The largest absolute Gasteiger partial charge is 0.350 e. The summed E-state index contributed by atoms with van der Waals surface area (Å²) >= 11 is 6.44. The van der Waals surface area contributed by atoms with E-state index in [0.29, 0.717) is 30.1 Å². The lowest BCUT2D eigenvalue weighted by atomic mass is 9.76. The number of nitrogens with one attached hydrogen (secondary N) is 1. The fraction of sp³-hybridized carbons (Fsp3) is 0.368. The standard InChI is InChI=1S/C19H19ClN4O2/c20-16-4-2-1-3-15(16)19(9-14-5-6-17(25)24(14)12-19)18(26)23-11-13-10-21-7-8-22-13/h1-4,7-8,10,14H,5-6,9,11-12H2,(H,23,26)/t14-,19-/m0/s1. The topological polar surface area (TPSA) is 75.2 Å². The molecule has 1 aromatic heterocycles. The number of amides is 2. The van der Waals surface area contributed by atoms with Gasteiger partial charge in [-0.2, -0.15) is 0 Å². The number of carbonyl (C=O) groups excluding carboxylic acids is 2. The van der Waals surface area contributed by atoms with Gasteiger partial charge in [0.2, 0.25) is 11.8 Å². The third-order valence-corrected chi connectivity index (χ3v) is 5.68. The number of hydrogen-bond acceptors (Lipinski definition) is 4. The highest BCUT2D eigenvalue weighted by atomic mass is 35.5. The van der Waals surface area contributed by atoms with E-state index in [1.165, 1.54) is 0 Å². The summed E-state index contributed by atoms with van der Waals surface area (Å²) in [4.78, 5) is 35.5. The van der Waals surface area contributed by atoms with Crippen LogP contribution in [0.2, 0.25) is 5.02 Å². The summed E-state index contributed by atoms with van der Waals surface area (Å²) in [6.07, 6.45) is 6.75. The molecule has 4 rings (SSSR count). The predicted molar refractivity (Wildman–Crippen MR) is 96.4 cm³/mol. The van der Waals surface area contributed by atoms with Crippen molar-refractivity contribution in [3.63, 3.8) is 0 Å². The monoisotopic (exact) mass is 370 g/mol. The second-order valence-electron chi connectivity index (χ2n) is 6.86. The van der Waals surface area contributed by atoms with Crippen LogP contribution in [0.1, 0.15) is 30.5 Å². The van der Waals surface area contributed by atoms with Crippen molar-refractivity contribution in [1.29, 1.82) is 0 Å². The van der Waals surface area contributed by atoms with Gasteiger partial charge in [0.25, 0.3) is 0 Å². The number of halogens is 1. The van der Waals surface area contributed by atoms with Crippen LogP contribution in [-0.2, 0) is 21.5 Å². The molecule has 0 unspecified atom stereocenters. The number of nitrogens with zero attached hydrogens (tertiary/aromatic N) is 3. The molecule has 2 fully saturated rings. The van der Waals surface area contributed by atoms with Gasteiger partial charge in [-0.05, 0) is 24.5 Å². The molecular formula is C19H19ClN4O2. The minimum atomic E-state index is -0.832. The lowest BCUT2D eigenvalue weighted by Crippen LogP contribution is -2.47. The van der Waals surface area contributed by atoms with E-state index >= 15 is 0 Å². The van der Waals surface area contributed by atoms with Gasteiger partial charge in [0.1, 0.15) is 0 Å². The highest BCUT2D eigenvalue weighted by molar-refractivity contribution is 6.31. The molecule has 3 heterocycles. The summed E-state index contributed by atoms with van der Waals surface area (Å²) in [5.74, 6) is -0.0101. The Bertz CT molecular complexity index is 844. The summed E-state index contributed by atoms with van der Waals surface area (Å²) in [7, 11) is 0. The van der Waals surface area contributed by atoms with E-state index in [1.807, 2.05) is 23.1 Å². The predicted octanol–water partition coefficient (Wildman–Crippen LogP) is 2.08. The number of benzene rings is 1. The maximum absolute atomic E-state index is 13.3. The normalized spacial score (nSPS) is 24.6. The third-order valence-electron chi connectivity index (χ3n) is 5.35. The SMILES string of the molecule is O=C1CC[C@H]2C[C@@](C(=O)NCc3cnccn3)(c3ccccc3Cl)CN12. The van der Waals surface area contributed by atoms with Crippen molar-refractivity contribution in [2.24, 2.45) is 0 Å². The van der Waals surface area contributed by atoms with Gasteiger partial charge in [0.05, 0.1) is 23.9 Å². The molecule has 2 aliphatic rings. The molecule has 1 N–H and O–H groups in total. The van der Waals surface area contributed by atoms with Gasteiger partial charge in [-0.3, -0.25) is 19.6 Å². The number of carbonyl (C=O) groups is 2. The Balaban J connectivity index is 1.64. The molecule has 0 aliphatic carbocycles. The molecule has 0 radical (unpaired) electrons. The Hall–Kier alpha value is -2.47. The zero-order chi connectivity index (χ0) is 18.1. The van der Waals surface area contributed by atoms with Crippen LogP contribution in [0, 0.1) is 0 Å². The van der Waals surface area contributed by atoms with Crippen LogP contribution in [-0.4, -0.2) is 39.3 Å². The van der Waals surface area contributed by atoms with Crippen molar-refractivity contribution in [2.75, 3.05) is 6.54 Å². The first-order valence-corrected chi connectivity index (χ1v) is 9.06.